The van der Waals surface area contributed by atoms with Crippen molar-refractivity contribution in [1.82, 2.24) is 14.6 Å². The molecule has 0 saturated heterocycles. The number of nitrogens with zero attached hydrogens (tertiary/aromatic N) is 2. The molecule has 2 N–H and O–H groups in total. The Labute approximate surface area is 121 Å². The summed E-state index contributed by atoms with van der Waals surface area (Å²) in [4.78, 5) is 16.9. The van der Waals surface area contributed by atoms with Crippen molar-refractivity contribution < 1.29 is 5.11 Å². The van der Waals surface area contributed by atoms with E-state index in [1.807, 2.05) is 31.2 Å². The summed E-state index contributed by atoms with van der Waals surface area (Å²) in [5.74, 6) is 0. The summed E-state index contributed by atoms with van der Waals surface area (Å²) in [5, 5.41) is 12.2. The van der Waals surface area contributed by atoms with Gasteiger partial charge in [0.25, 0.3) is 5.56 Å². The Balaban J connectivity index is 2.21. The molecule has 0 amide bonds. The third kappa shape index (κ3) is 2.36. The third-order valence-corrected chi connectivity index (χ3v) is 3.61. The van der Waals surface area contributed by atoms with Crippen LogP contribution in [0.2, 0.25) is 0 Å². The molecular formula is C16H17N3O2. The number of aromatic amines is 1. The van der Waals surface area contributed by atoms with Gasteiger partial charge in [-0.2, -0.15) is 0 Å². The van der Waals surface area contributed by atoms with Gasteiger partial charge in [-0.15, -0.1) is 0 Å². The lowest BCUT2D eigenvalue weighted by Gasteiger charge is -2.03. The normalized spacial score (nSPS) is 11.2. The summed E-state index contributed by atoms with van der Waals surface area (Å²) in [6.45, 7) is 3.76. The first-order valence-electron chi connectivity index (χ1n) is 6.89. The van der Waals surface area contributed by atoms with Crippen LogP contribution in [0.3, 0.4) is 0 Å². The zero-order chi connectivity index (χ0) is 15.0. The molecule has 0 atom stereocenters. The van der Waals surface area contributed by atoms with E-state index in [2.05, 4.69) is 16.1 Å². The fraction of sp³-hybridized carbons (Fsp3) is 0.250. The van der Waals surface area contributed by atoms with Crippen LogP contribution in [0.25, 0.3) is 16.9 Å². The Bertz CT molecular complexity index is 862. The second-order valence-electron chi connectivity index (χ2n) is 5.19. The molecule has 0 unspecified atom stereocenters. The van der Waals surface area contributed by atoms with E-state index in [0.717, 1.165) is 16.8 Å². The molecule has 3 aromatic rings. The number of aliphatic hydroxyl groups excluding tert-OH is 1. The van der Waals surface area contributed by atoms with Crippen molar-refractivity contribution in [2.24, 2.45) is 0 Å². The lowest BCUT2D eigenvalue weighted by molar-refractivity contribution is 0.298. The average molecular weight is 283 g/mol. The number of aromatic nitrogens is 3. The van der Waals surface area contributed by atoms with Crippen molar-refractivity contribution in [3.63, 3.8) is 0 Å². The number of rotatable bonds is 3. The summed E-state index contributed by atoms with van der Waals surface area (Å²) in [7, 11) is 0. The molecule has 0 saturated carbocycles. The first-order valence-corrected chi connectivity index (χ1v) is 6.89. The van der Waals surface area contributed by atoms with E-state index in [1.54, 1.807) is 6.92 Å². The minimum absolute atomic E-state index is 0.0602. The maximum Gasteiger partial charge on any atom is 0.276 e. The highest BCUT2D eigenvalue weighted by Gasteiger charge is 2.12. The number of benzene rings is 1. The minimum atomic E-state index is -0.148. The van der Waals surface area contributed by atoms with Crippen molar-refractivity contribution in [3.05, 3.63) is 57.5 Å². The van der Waals surface area contributed by atoms with Crippen LogP contribution >= 0.6 is 0 Å². The van der Waals surface area contributed by atoms with E-state index in [-0.39, 0.29) is 12.2 Å². The molecule has 2 aromatic heterocycles. The predicted octanol–water partition coefficient (Wildman–Crippen LogP) is 1.84. The zero-order valence-electron chi connectivity index (χ0n) is 12.1. The van der Waals surface area contributed by atoms with Crippen LogP contribution in [0.4, 0.5) is 0 Å². The van der Waals surface area contributed by atoms with E-state index in [4.69, 9.17) is 5.11 Å². The van der Waals surface area contributed by atoms with Gasteiger partial charge in [0.2, 0.25) is 0 Å². The molecule has 0 aliphatic heterocycles. The monoisotopic (exact) mass is 283 g/mol. The van der Waals surface area contributed by atoms with Crippen LogP contribution in [-0.4, -0.2) is 26.3 Å². The van der Waals surface area contributed by atoms with E-state index >= 15 is 0 Å². The van der Waals surface area contributed by atoms with E-state index < -0.39 is 0 Å². The number of aliphatic hydroxyl groups is 1. The minimum Gasteiger partial charge on any atom is -0.396 e. The molecule has 1 aromatic carbocycles. The summed E-state index contributed by atoms with van der Waals surface area (Å²) >= 11 is 0. The smallest absolute Gasteiger partial charge is 0.276 e. The maximum absolute atomic E-state index is 12.4. The first kappa shape index (κ1) is 13.6. The summed E-state index contributed by atoms with van der Waals surface area (Å²) in [5.41, 5.74) is 4.69. The maximum atomic E-state index is 12.4. The topological polar surface area (TPSA) is 70.4 Å². The second-order valence-corrected chi connectivity index (χ2v) is 5.19. The molecule has 0 spiro atoms. The highest BCUT2D eigenvalue weighted by molar-refractivity contribution is 5.64. The lowest BCUT2D eigenvalue weighted by atomic mass is 10.1. The zero-order valence-corrected chi connectivity index (χ0v) is 12.1. The Hall–Kier alpha value is -2.40. The predicted molar refractivity (Wildman–Crippen MR) is 81.5 cm³/mol. The third-order valence-electron chi connectivity index (χ3n) is 3.61. The Morgan fingerprint density at radius 1 is 1.29 bits per heavy atom. The quantitative estimate of drug-likeness (QED) is 0.770. The van der Waals surface area contributed by atoms with Crippen LogP contribution in [0, 0.1) is 13.8 Å². The van der Waals surface area contributed by atoms with Gasteiger partial charge in [-0.1, -0.05) is 23.8 Å². The molecule has 21 heavy (non-hydrogen) atoms. The molecule has 0 aliphatic carbocycles. The second kappa shape index (κ2) is 5.18. The Morgan fingerprint density at radius 2 is 2.10 bits per heavy atom. The molecule has 5 heteroatoms. The number of hydrogen-bond acceptors (Lipinski definition) is 3. The molecule has 2 heterocycles. The average Bonchev–Trinajstić information content (AvgIpc) is 2.87. The lowest BCUT2D eigenvalue weighted by Crippen LogP contribution is -2.22. The summed E-state index contributed by atoms with van der Waals surface area (Å²) in [6, 6.07) is 9.92. The van der Waals surface area contributed by atoms with Gasteiger partial charge in [0, 0.05) is 30.4 Å². The van der Waals surface area contributed by atoms with Crippen molar-refractivity contribution in [2.75, 3.05) is 6.61 Å². The van der Waals surface area contributed by atoms with Crippen LogP contribution in [0.5, 0.6) is 0 Å². The van der Waals surface area contributed by atoms with E-state index in [1.165, 1.54) is 4.52 Å². The van der Waals surface area contributed by atoms with Gasteiger partial charge in [0.05, 0.1) is 5.69 Å². The van der Waals surface area contributed by atoms with Gasteiger partial charge >= 0.3 is 0 Å². The molecule has 3 rings (SSSR count). The largest absolute Gasteiger partial charge is 0.396 e. The van der Waals surface area contributed by atoms with Crippen LogP contribution < -0.4 is 5.56 Å². The Morgan fingerprint density at radius 3 is 2.81 bits per heavy atom. The molecule has 0 aliphatic rings. The highest BCUT2D eigenvalue weighted by atomic mass is 16.3. The van der Waals surface area contributed by atoms with Crippen molar-refractivity contribution in [3.8, 4) is 11.3 Å². The highest BCUT2D eigenvalue weighted by Crippen LogP contribution is 2.19. The number of nitrogens with one attached hydrogen (secondary N) is 1. The first-order chi connectivity index (χ1) is 10.1. The number of hydrogen-bond donors (Lipinski definition) is 2. The number of fused-ring (bicyclic) bond motifs is 1. The van der Waals surface area contributed by atoms with Crippen molar-refractivity contribution in [1.29, 1.82) is 0 Å². The SMILES string of the molecule is Cc1cccc(-c2cc3nc(C)c(CCO)c(=O)n3[nH]2)c1. The summed E-state index contributed by atoms with van der Waals surface area (Å²) in [6.07, 6.45) is 0.319. The Kier molecular flexibility index (Phi) is 3.35. The molecule has 5 nitrogen and oxygen atoms in total. The fourth-order valence-electron chi connectivity index (χ4n) is 2.53. The van der Waals surface area contributed by atoms with E-state index in [9.17, 15) is 4.79 Å². The van der Waals surface area contributed by atoms with Gasteiger partial charge in [-0.25, -0.2) is 9.50 Å². The van der Waals surface area contributed by atoms with Gasteiger partial charge in [-0.3, -0.25) is 9.89 Å². The number of aryl methyl sites for hydroxylation is 2. The fourth-order valence-corrected chi connectivity index (χ4v) is 2.53. The van der Waals surface area contributed by atoms with Gasteiger partial charge in [-0.05, 0) is 25.5 Å². The van der Waals surface area contributed by atoms with Crippen molar-refractivity contribution in [2.45, 2.75) is 20.3 Å². The molecule has 108 valence electrons. The standard InChI is InChI=1S/C16H17N3O2/c1-10-4-3-5-12(8-10)14-9-15-17-11(2)13(6-7-20)16(21)19(15)18-14/h3-5,8-9,18,20H,6-7H2,1-2H3. The molecular weight excluding hydrogens is 266 g/mol. The van der Waals surface area contributed by atoms with Crippen LogP contribution in [0.1, 0.15) is 16.8 Å². The van der Waals surface area contributed by atoms with Gasteiger partial charge in [0.15, 0.2) is 5.65 Å². The van der Waals surface area contributed by atoms with Gasteiger partial charge in [0.1, 0.15) is 0 Å². The number of H-pyrrole nitrogens is 1. The molecule has 0 fully saturated rings. The molecule has 0 radical (unpaired) electrons. The van der Waals surface area contributed by atoms with Gasteiger partial charge < -0.3 is 5.11 Å². The van der Waals surface area contributed by atoms with Crippen LogP contribution in [0.15, 0.2) is 35.1 Å². The van der Waals surface area contributed by atoms with Crippen molar-refractivity contribution >= 4 is 5.65 Å². The van der Waals surface area contributed by atoms with Crippen LogP contribution in [-0.2, 0) is 6.42 Å². The summed E-state index contributed by atoms with van der Waals surface area (Å²) < 4.78 is 1.44. The van der Waals surface area contributed by atoms with E-state index in [0.29, 0.717) is 23.3 Å². The molecule has 0 bridgehead atoms.